The molecule has 0 spiro atoms. The summed E-state index contributed by atoms with van der Waals surface area (Å²) >= 11 is 0. The van der Waals surface area contributed by atoms with Crippen LogP contribution < -0.4 is 4.74 Å². The summed E-state index contributed by atoms with van der Waals surface area (Å²) in [6.45, 7) is 8.04. The second kappa shape index (κ2) is 6.54. The fourth-order valence-electron chi connectivity index (χ4n) is 3.46. The van der Waals surface area contributed by atoms with Crippen LogP contribution in [0.4, 0.5) is 0 Å². The predicted octanol–water partition coefficient (Wildman–Crippen LogP) is 3.82. The first-order valence-corrected chi connectivity index (χ1v) is 8.73. The maximum atomic E-state index is 12.4. The molecule has 1 aliphatic heterocycles. The predicted molar refractivity (Wildman–Crippen MR) is 95.6 cm³/mol. The summed E-state index contributed by atoms with van der Waals surface area (Å²) in [4.78, 5) is 12.4. The molecule has 2 heterocycles. The van der Waals surface area contributed by atoms with Gasteiger partial charge in [0.15, 0.2) is 0 Å². The van der Waals surface area contributed by atoms with E-state index >= 15 is 0 Å². The Bertz CT molecular complexity index is 792. The maximum Gasteiger partial charge on any atom is 0.306 e. The van der Waals surface area contributed by atoms with E-state index in [2.05, 4.69) is 5.10 Å². The lowest BCUT2D eigenvalue weighted by molar-refractivity contribution is -0.153. The molecule has 3 rings (SSSR count). The molecular formula is C20H26N2O3. The maximum absolute atomic E-state index is 12.4. The molecule has 1 unspecified atom stereocenters. The summed E-state index contributed by atoms with van der Waals surface area (Å²) in [5, 5.41) is 4.40. The van der Waals surface area contributed by atoms with E-state index in [1.807, 2.05) is 63.7 Å². The van der Waals surface area contributed by atoms with E-state index in [-0.39, 0.29) is 17.7 Å². The third-order valence-corrected chi connectivity index (χ3v) is 4.84. The van der Waals surface area contributed by atoms with Crippen molar-refractivity contribution < 1.29 is 14.3 Å². The van der Waals surface area contributed by atoms with Gasteiger partial charge in [-0.15, -0.1) is 0 Å². The van der Waals surface area contributed by atoms with Gasteiger partial charge in [-0.3, -0.25) is 9.48 Å². The minimum Gasteiger partial charge on any atom is -0.487 e. The zero-order valence-corrected chi connectivity index (χ0v) is 15.6. The molecule has 25 heavy (non-hydrogen) atoms. The highest BCUT2D eigenvalue weighted by molar-refractivity contribution is 5.70. The molecule has 0 saturated heterocycles. The van der Waals surface area contributed by atoms with E-state index in [4.69, 9.17) is 9.47 Å². The van der Waals surface area contributed by atoms with Crippen molar-refractivity contribution in [3.63, 3.8) is 0 Å². The minimum absolute atomic E-state index is 0.180. The molecule has 1 aromatic carbocycles. The average Bonchev–Trinajstić information content (AvgIpc) is 2.77. The molecule has 5 heteroatoms. The van der Waals surface area contributed by atoms with Crippen molar-refractivity contribution in [2.24, 2.45) is 7.05 Å². The van der Waals surface area contributed by atoms with Gasteiger partial charge in [0.2, 0.25) is 0 Å². The third-order valence-electron chi connectivity index (χ3n) is 4.84. The highest BCUT2D eigenvalue weighted by atomic mass is 16.6. The van der Waals surface area contributed by atoms with Crippen LogP contribution >= 0.6 is 0 Å². The van der Waals surface area contributed by atoms with Crippen LogP contribution in [0.5, 0.6) is 5.75 Å². The number of rotatable bonds is 4. The van der Waals surface area contributed by atoms with Crippen molar-refractivity contribution in [2.75, 3.05) is 0 Å². The summed E-state index contributed by atoms with van der Waals surface area (Å²) in [5.41, 5.74) is 3.81. The van der Waals surface area contributed by atoms with Crippen LogP contribution in [0.1, 0.15) is 55.3 Å². The minimum atomic E-state index is -0.351. The van der Waals surface area contributed by atoms with Crippen LogP contribution in [0.2, 0.25) is 0 Å². The number of fused-ring (bicyclic) bond motifs is 1. The number of esters is 1. The number of nitrogens with zero attached hydrogens (tertiary/aromatic N) is 2. The van der Waals surface area contributed by atoms with Gasteiger partial charge >= 0.3 is 5.97 Å². The number of aromatic nitrogens is 2. The largest absolute Gasteiger partial charge is 0.487 e. The van der Waals surface area contributed by atoms with Gasteiger partial charge in [0.1, 0.15) is 17.5 Å². The molecule has 0 radical (unpaired) electrons. The number of ether oxygens (including phenoxy) is 2. The fourth-order valence-corrected chi connectivity index (χ4v) is 3.46. The van der Waals surface area contributed by atoms with E-state index in [9.17, 15) is 4.79 Å². The molecule has 0 bridgehead atoms. The molecule has 0 aliphatic carbocycles. The number of hydrogen-bond donors (Lipinski definition) is 0. The SMILES string of the molecule is Cc1nn(C)c(C)c1CCC(=O)OC1CC(C)(C)Oc2ccccc21. The summed E-state index contributed by atoms with van der Waals surface area (Å²) < 4.78 is 13.7. The molecule has 1 aliphatic rings. The lowest BCUT2D eigenvalue weighted by Gasteiger charge is -2.37. The van der Waals surface area contributed by atoms with Gasteiger partial charge < -0.3 is 9.47 Å². The van der Waals surface area contributed by atoms with Gasteiger partial charge in [0.05, 0.1) is 5.69 Å². The van der Waals surface area contributed by atoms with Crippen LogP contribution in [0.3, 0.4) is 0 Å². The Morgan fingerprint density at radius 3 is 2.76 bits per heavy atom. The monoisotopic (exact) mass is 342 g/mol. The average molecular weight is 342 g/mol. The Balaban J connectivity index is 1.68. The first-order chi connectivity index (χ1) is 11.8. The second-order valence-corrected chi connectivity index (χ2v) is 7.36. The number of carbonyl (C=O) groups excluding carboxylic acids is 1. The Morgan fingerprint density at radius 2 is 2.08 bits per heavy atom. The molecule has 1 aromatic heterocycles. The Morgan fingerprint density at radius 1 is 1.36 bits per heavy atom. The van der Waals surface area contributed by atoms with E-state index < -0.39 is 0 Å². The van der Waals surface area contributed by atoms with Gasteiger partial charge in [0, 0.05) is 31.1 Å². The van der Waals surface area contributed by atoms with E-state index in [1.165, 1.54) is 0 Å². The number of para-hydroxylation sites is 1. The lowest BCUT2D eigenvalue weighted by atomic mass is 9.91. The summed E-state index contributed by atoms with van der Waals surface area (Å²) in [6.07, 6.45) is 1.40. The quantitative estimate of drug-likeness (QED) is 0.793. The van der Waals surface area contributed by atoms with E-state index in [0.29, 0.717) is 19.3 Å². The topological polar surface area (TPSA) is 53.4 Å². The zero-order chi connectivity index (χ0) is 18.2. The van der Waals surface area contributed by atoms with E-state index in [1.54, 1.807) is 0 Å². The molecule has 2 aromatic rings. The summed E-state index contributed by atoms with van der Waals surface area (Å²) in [5.74, 6) is 0.621. The summed E-state index contributed by atoms with van der Waals surface area (Å²) in [7, 11) is 1.92. The Hall–Kier alpha value is -2.30. The number of hydrogen-bond acceptors (Lipinski definition) is 4. The van der Waals surface area contributed by atoms with Crippen molar-refractivity contribution >= 4 is 5.97 Å². The normalized spacial score (nSPS) is 18.4. The van der Waals surface area contributed by atoms with Crippen LogP contribution in [0.15, 0.2) is 24.3 Å². The van der Waals surface area contributed by atoms with Gasteiger partial charge in [-0.25, -0.2) is 0 Å². The van der Waals surface area contributed by atoms with E-state index in [0.717, 1.165) is 28.3 Å². The Kier molecular flexibility index (Phi) is 4.58. The van der Waals surface area contributed by atoms with Crippen molar-refractivity contribution in [2.45, 2.75) is 58.7 Å². The fraction of sp³-hybridized carbons (Fsp3) is 0.500. The molecule has 0 N–H and O–H groups in total. The standard InChI is InChI=1S/C20H26N2O3/c1-13-15(14(2)22(5)21-13)10-11-19(23)24-18-12-20(3,4)25-17-9-7-6-8-16(17)18/h6-9,18H,10-12H2,1-5H3. The molecule has 134 valence electrons. The van der Waals surface area contributed by atoms with Crippen molar-refractivity contribution in [3.8, 4) is 5.75 Å². The molecule has 0 amide bonds. The molecule has 0 fully saturated rings. The molecule has 1 atom stereocenters. The molecular weight excluding hydrogens is 316 g/mol. The lowest BCUT2D eigenvalue weighted by Crippen LogP contribution is -2.36. The van der Waals surface area contributed by atoms with Gasteiger partial charge in [-0.2, -0.15) is 5.10 Å². The van der Waals surface area contributed by atoms with Crippen molar-refractivity contribution in [1.82, 2.24) is 9.78 Å². The highest BCUT2D eigenvalue weighted by Gasteiger charge is 2.35. The Labute approximate surface area is 148 Å². The summed E-state index contributed by atoms with van der Waals surface area (Å²) in [6, 6.07) is 7.79. The molecule has 5 nitrogen and oxygen atoms in total. The first-order valence-electron chi connectivity index (χ1n) is 8.73. The number of benzene rings is 1. The zero-order valence-electron chi connectivity index (χ0n) is 15.6. The van der Waals surface area contributed by atoms with Crippen LogP contribution in [-0.2, 0) is 23.0 Å². The first kappa shape index (κ1) is 17.5. The highest BCUT2D eigenvalue weighted by Crippen LogP contribution is 2.41. The van der Waals surface area contributed by atoms with Gasteiger partial charge in [-0.05, 0) is 45.7 Å². The van der Waals surface area contributed by atoms with Crippen molar-refractivity contribution in [1.29, 1.82) is 0 Å². The van der Waals surface area contributed by atoms with Crippen LogP contribution in [-0.4, -0.2) is 21.4 Å². The number of carbonyl (C=O) groups is 1. The van der Waals surface area contributed by atoms with Crippen LogP contribution in [0, 0.1) is 13.8 Å². The smallest absolute Gasteiger partial charge is 0.306 e. The van der Waals surface area contributed by atoms with Crippen molar-refractivity contribution in [3.05, 3.63) is 46.8 Å². The van der Waals surface area contributed by atoms with Gasteiger partial charge in [0.25, 0.3) is 0 Å². The third kappa shape index (κ3) is 3.70. The van der Waals surface area contributed by atoms with Gasteiger partial charge in [-0.1, -0.05) is 18.2 Å². The molecule has 0 saturated carbocycles. The number of aryl methyl sites for hydroxylation is 2. The second-order valence-electron chi connectivity index (χ2n) is 7.36. The van der Waals surface area contributed by atoms with Crippen LogP contribution in [0.25, 0.3) is 0 Å².